The Morgan fingerprint density at radius 3 is 1.42 bits per heavy atom. The molecule has 0 bridgehead atoms. The lowest BCUT2D eigenvalue weighted by Crippen LogP contribution is -1.89. The van der Waals surface area contributed by atoms with Crippen molar-refractivity contribution in [2.24, 2.45) is 0 Å². The summed E-state index contributed by atoms with van der Waals surface area (Å²) in [7, 11) is 0. The molecule has 0 atom stereocenters. The fourth-order valence-corrected chi connectivity index (χ4v) is 3.33. The number of benzene rings is 4. The largest absolute Gasteiger partial charge is 0.457 e. The molecule has 0 aliphatic carbocycles. The van der Waals surface area contributed by atoms with Crippen molar-refractivity contribution < 1.29 is 9.47 Å². The van der Waals surface area contributed by atoms with Crippen LogP contribution < -0.4 is 20.9 Å². The Balaban J connectivity index is 1.47. The summed E-state index contributed by atoms with van der Waals surface area (Å²) in [6.07, 6.45) is 4.82. The van der Waals surface area contributed by atoms with Crippen LogP contribution >= 0.6 is 0 Å². The summed E-state index contributed by atoms with van der Waals surface area (Å²) in [6, 6.07) is 30.7. The van der Waals surface area contributed by atoms with Crippen LogP contribution in [0.5, 0.6) is 23.0 Å². The molecule has 4 nitrogen and oxygen atoms in total. The lowest BCUT2D eigenvalue weighted by Gasteiger charge is -2.10. The second-order valence-corrected chi connectivity index (χ2v) is 7.60. The van der Waals surface area contributed by atoms with E-state index in [2.05, 4.69) is 24.8 Å². The monoisotopic (exact) mass is 434 g/mol. The molecule has 0 radical (unpaired) electrons. The smallest absolute Gasteiger partial charge is 0.127 e. The van der Waals surface area contributed by atoms with E-state index in [1.54, 1.807) is 0 Å². The van der Waals surface area contributed by atoms with Crippen LogP contribution in [0.25, 0.3) is 11.6 Å². The van der Waals surface area contributed by atoms with Crippen molar-refractivity contribution in [1.29, 1.82) is 0 Å². The lowest BCUT2D eigenvalue weighted by molar-refractivity contribution is 0.482. The minimum atomic E-state index is 0.710. The first kappa shape index (κ1) is 21.8. The molecule has 0 heterocycles. The maximum atomic E-state index is 5.90. The maximum Gasteiger partial charge on any atom is 0.127 e. The van der Waals surface area contributed by atoms with Crippen molar-refractivity contribution >= 4 is 23.0 Å². The molecule has 0 saturated heterocycles. The number of hydrogen-bond donors (Lipinski definition) is 2. The van der Waals surface area contributed by atoms with Gasteiger partial charge in [0.2, 0.25) is 0 Å². The molecule has 0 aliphatic heterocycles. The first-order valence-corrected chi connectivity index (χ1v) is 10.7. The van der Waals surface area contributed by atoms with Gasteiger partial charge in [0.25, 0.3) is 0 Å². The lowest BCUT2D eigenvalue weighted by atomic mass is 9.99. The van der Waals surface area contributed by atoms with Crippen LogP contribution in [-0.4, -0.2) is 0 Å². The van der Waals surface area contributed by atoms with E-state index in [0.29, 0.717) is 11.4 Å². The minimum Gasteiger partial charge on any atom is -0.457 e. The van der Waals surface area contributed by atoms with Gasteiger partial charge in [0.1, 0.15) is 23.0 Å². The average Bonchev–Trinajstić information content (AvgIpc) is 2.83. The number of anilines is 2. The molecule has 4 heteroatoms. The van der Waals surface area contributed by atoms with Crippen molar-refractivity contribution in [3.8, 4) is 23.0 Å². The normalized spacial score (nSPS) is 11.1. The molecule has 0 aliphatic rings. The summed E-state index contributed by atoms with van der Waals surface area (Å²) in [4.78, 5) is 0. The van der Waals surface area contributed by atoms with E-state index in [9.17, 15) is 0 Å². The molecule has 0 spiro atoms. The van der Waals surface area contributed by atoms with Crippen molar-refractivity contribution in [1.82, 2.24) is 0 Å². The first-order chi connectivity index (χ1) is 16.1. The van der Waals surface area contributed by atoms with Gasteiger partial charge in [-0.05, 0) is 95.9 Å². The molecule has 4 aromatic carbocycles. The molecule has 0 amide bonds. The van der Waals surface area contributed by atoms with Crippen molar-refractivity contribution in [2.45, 2.75) is 6.42 Å². The minimum absolute atomic E-state index is 0.710. The third-order valence-corrected chi connectivity index (χ3v) is 5.04. The second-order valence-electron chi connectivity index (χ2n) is 7.60. The quantitative estimate of drug-likeness (QED) is 0.171. The summed E-state index contributed by atoms with van der Waals surface area (Å²) < 4.78 is 11.8. The molecular weight excluding hydrogens is 408 g/mol. The van der Waals surface area contributed by atoms with Gasteiger partial charge in [0.15, 0.2) is 0 Å². The maximum absolute atomic E-state index is 5.90. The molecule has 0 aromatic heterocycles. The highest BCUT2D eigenvalue weighted by Gasteiger charge is 2.04. The zero-order chi connectivity index (χ0) is 23.0. The van der Waals surface area contributed by atoms with Crippen molar-refractivity contribution in [3.05, 3.63) is 121 Å². The number of rotatable bonds is 8. The predicted molar refractivity (Wildman–Crippen MR) is 137 cm³/mol. The van der Waals surface area contributed by atoms with E-state index in [4.69, 9.17) is 20.9 Å². The average molecular weight is 435 g/mol. The molecular formula is C29H26N2O2. The molecule has 33 heavy (non-hydrogen) atoms. The molecule has 0 unspecified atom stereocenters. The summed E-state index contributed by atoms with van der Waals surface area (Å²) in [5.41, 5.74) is 16.2. The number of hydrogen-bond acceptors (Lipinski definition) is 4. The Labute approximate surface area is 194 Å². The first-order valence-electron chi connectivity index (χ1n) is 10.7. The van der Waals surface area contributed by atoms with Crippen LogP contribution in [-0.2, 0) is 0 Å². The van der Waals surface area contributed by atoms with Gasteiger partial charge in [-0.15, -0.1) is 6.58 Å². The third kappa shape index (κ3) is 6.05. The van der Waals surface area contributed by atoms with E-state index in [0.717, 1.165) is 46.1 Å². The zero-order valence-electron chi connectivity index (χ0n) is 18.3. The van der Waals surface area contributed by atoms with Gasteiger partial charge in [0, 0.05) is 11.4 Å². The highest BCUT2D eigenvalue weighted by Crippen LogP contribution is 2.28. The van der Waals surface area contributed by atoms with Gasteiger partial charge in [0.05, 0.1) is 0 Å². The summed E-state index contributed by atoms with van der Waals surface area (Å²) >= 11 is 0. The van der Waals surface area contributed by atoms with Crippen LogP contribution in [0.2, 0.25) is 0 Å². The molecule has 164 valence electrons. The van der Waals surface area contributed by atoms with Gasteiger partial charge < -0.3 is 20.9 Å². The van der Waals surface area contributed by atoms with Crippen LogP contribution in [0.15, 0.2) is 110 Å². The Hall–Kier alpha value is -4.44. The van der Waals surface area contributed by atoms with Gasteiger partial charge in [-0.25, -0.2) is 0 Å². The third-order valence-electron chi connectivity index (χ3n) is 5.04. The number of allylic oxidation sites excluding steroid dienone is 2. The standard InChI is InChI=1S/C29H26N2O2/c1-2-3-23(22-6-14-27(15-7-22)33-29-18-10-25(31)11-19-29)20-21-4-12-26(13-5-21)32-28-16-8-24(30)9-17-28/h2,4-20H,1,3,30-31H2/b23-20+. The van der Waals surface area contributed by atoms with E-state index >= 15 is 0 Å². The highest BCUT2D eigenvalue weighted by atomic mass is 16.5. The fourth-order valence-electron chi connectivity index (χ4n) is 3.33. The van der Waals surface area contributed by atoms with Gasteiger partial charge in [-0.3, -0.25) is 0 Å². The summed E-state index contributed by atoms with van der Waals surface area (Å²) in [6.45, 7) is 3.91. The van der Waals surface area contributed by atoms with Crippen molar-refractivity contribution in [3.63, 3.8) is 0 Å². The molecule has 4 rings (SSSR count). The Morgan fingerprint density at radius 1 is 0.606 bits per heavy atom. The van der Waals surface area contributed by atoms with Crippen LogP contribution in [0, 0.1) is 0 Å². The van der Waals surface area contributed by atoms with Crippen LogP contribution in [0.4, 0.5) is 11.4 Å². The van der Waals surface area contributed by atoms with Gasteiger partial charge >= 0.3 is 0 Å². The zero-order valence-corrected chi connectivity index (χ0v) is 18.3. The SMILES string of the molecule is C=CC/C(=C\c1ccc(Oc2ccc(N)cc2)cc1)c1ccc(Oc2ccc(N)cc2)cc1. The fraction of sp³-hybridized carbons (Fsp3) is 0.0345. The highest BCUT2D eigenvalue weighted by molar-refractivity contribution is 5.82. The Kier molecular flexibility index (Phi) is 6.76. The van der Waals surface area contributed by atoms with Crippen LogP contribution in [0.1, 0.15) is 17.5 Å². The molecule has 0 fully saturated rings. The van der Waals surface area contributed by atoms with Crippen molar-refractivity contribution in [2.75, 3.05) is 11.5 Å². The van der Waals surface area contributed by atoms with E-state index in [1.807, 2.05) is 91.0 Å². The number of nitrogen functional groups attached to an aromatic ring is 2. The predicted octanol–water partition coefficient (Wildman–Crippen LogP) is 7.55. The van der Waals surface area contributed by atoms with E-state index < -0.39 is 0 Å². The number of nitrogens with two attached hydrogens (primary N) is 2. The number of ether oxygens (including phenoxy) is 2. The van der Waals surface area contributed by atoms with Crippen LogP contribution in [0.3, 0.4) is 0 Å². The van der Waals surface area contributed by atoms with E-state index in [-0.39, 0.29) is 0 Å². The molecule has 4 aromatic rings. The molecule has 0 saturated carbocycles. The molecule has 4 N–H and O–H groups in total. The topological polar surface area (TPSA) is 70.5 Å². The Bertz CT molecular complexity index is 1230. The van der Waals surface area contributed by atoms with Gasteiger partial charge in [-0.1, -0.05) is 36.4 Å². The van der Waals surface area contributed by atoms with Gasteiger partial charge in [-0.2, -0.15) is 0 Å². The second kappa shape index (κ2) is 10.2. The summed E-state index contributed by atoms with van der Waals surface area (Å²) in [5, 5.41) is 0. The van der Waals surface area contributed by atoms with E-state index in [1.165, 1.54) is 0 Å². The Morgan fingerprint density at radius 2 is 1.00 bits per heavy atom. The summed E-state index contributed by atoms with van der Waals surface area (Å²) in [5.74, 6) is 3.04.